The third-order valence-corrected chi connectivity index (χ3v) is 1.91. The number of hydrogen-bond donors (Lipinski definition) is 2. The molecule has 2 aromatic rings. The summed E-state index contributed by atoms with van der Waals surface area (Å²) in [6.45, 7) is 1.75. The fourth-order valence-corrected chi connectivity index (χ4v) is 1.23. The monoisotopic (exact) mass is 225 g/mol. The van der Waals surface area contributed by atoms with Crippen LogP contribution in [-0.4, -0.2) is 10.2 Å². The van der Waals surface area contributed by atoms with Crippen LogP contribution in [0.4, 0.5) is 14.5 Å². The predicted molar refractivity (Wildman–Crippen MR) is 54.2 cm³/mol. The van der Waals surface area contributed by atoms with Crippen LogP contribution >= 0.6 is 0 Å². The van der Waals surface area contributed by atoms with E-state index >= 15 is 0 Å². The van der Waals surface area contributed by atoms with Gasteiger partial charge in [-0.15, -0.1) is 5.10 Å². The number of rotatable bonds is 2. The van der Waals surface area contributed by atoms with E-state index in [1.165, 1.54) is 6.07 Å². The first-order valence-corrected chi connectivity index (χ1v) is 4.50. The van der Waals surface area contributed by atoms with Crippen molar-refractivity contribution in [2.45, 2.75) is 6.92 Å². The molecule has 0 fully saturated rings. The zero-order valence-corrected chi connectivity index (χ0v) is 8.42. The molecule has 0 atom stereocenters. The first-order chi connectivity index (χ1) is 7.56. The number of aromatic amines is 1. The number of nitrogen functional groups attached to an aromatic ring is 1. The highest BCUT2D eigenvalue weighted by Crippen LogP contribution is 2.28. The molecule has 0 aliphatic carbocycles. The van der Waals surface area contributed by atoms with Gasteiger partial charge in [0.1, 0.15) is 0 Å². The summed E-state index contributed by atoms with van der Waals surface area (Å²) in [6, 6.07) is 3.49. The lowest BCUT2D eigenvalue weighted by atomic mass is 10.3. The van der Waals surface area contributed by atoms with Crippen LogP contribution < -0.4 is 10.5 Å². The Balaban J connectivity index is 2.34. The lowest BCUT2D eigenvalue weighted by Crippen LogP contribution is -1.95. The Morgan fingerprint density at radius 1 is 1.25 bits per heavy atom. The van der Waals surface area contributed by atoms with Gasteiger partial charge in [-0.2, -0.15) is 0 Å². The minimum atomic E-state index is -0.863. The second-order valence-electron chi connectivity index (χ2n) is 3.30. The van der Waals surface area contributed by atoms with Gasteiger partial charge in [0.05, 0.1) is 0 Å². The minimum absolute atomic E-state index is 0.000517. The van der Waals surface area contributed by atoms with E-state index in [2.05, 4.69) is 10.2 Å². The van der Waals surface area contributed by atoms with Gasteiger partial charge in [-0.3, -0.25) is 5.10 Å². The molecule has 16 heavy (non-hydrogen) atoms. The Bertz CT molecular complexity index is 502. The van der Waals surface area contributed by atoms with Gasteiger partial charge in [-0.05, 0) is 6.92 Å². The summed E-state index contributed by atoms with van der Waals surface area (Å²) in [5.74, 6) is -2.14. The lowest BCUT2D eigenvalue weighted by Gasteiger charge is -2.05. The van der Waals surface area contributed by atoms with Crippen molar-refractivity contribution in [2.24, 2.45) is 0 Å². The molecule has 84 valence electrons. The summed E-state index contributed by atoms with van der Waals surface area (Å²) in [5.41, 5.74) is 6.00. The third kappa shape index (κ3) is 1.95. The first-order valence-electron chi connectivity index (χ1n) is 4.50. The van der Waals surface area contributed by atoms with Crippen LogP contribution in [0.15, 0.2) is 18.2 Å². The van der Waals surface area contributed by atoms with Crippen LogP contribution in [0.2, 0.25) is 0 Å². The maximum atomic E-state index is 13.3. The Kier molecular flexibility index (Phi) is 2.47. The number of anilines is 1. The molecule has 0 bridgehead atoms. The molecule has 0 unspecified atom stereocenters. The quantitative estimate of drug-likeness (QED) is 0.771. The van der Waals surface area contributed by atoms with Crippen LogP contribution in [0.25, 0.3) is 0 Å². The molecule has 1 heterocycles. The molecule has 0 amide bonds. The summed E-state index contributed by atoms with van der Waals surface area (Å²) >= 11 is 0. The van der Waals surface area contributed by atoms with E-state index in [0.29, 0.717) is 0 Å². The zero-order valence-electron chi connectivity index (χ0n) is 8.42. The summed E-state index contributed by atoms with van der Waals surface area (Å²) in [4.78, 5) is 0. The SMILES string of the molecule is Cc1cc(Oc2c(F)cc(N)cc2F)n[nH]1. The molecule has 2 rings (SSSR count). The van der Waals surface area contributed by atoms with Crippen molar-refractivity contribution in [2.75, 3.05) is 5.73 Å². The van der Waals surface area contributed by atoms with Crippen molar-refractivity contribution in [3.63, 3.8) is 0 Å². The minimum Gasteiger partial charge on any atom is -0.431 e. The maximum Gasteiger partial charge on any atom is 0.238 e. The van der Waals surface area contributed by atoms with Gasteiger partial charge in [0.2, 0.25) is 11.6 Å². The molecule has 0 aliphatic heterocycles. The number of halogens is 2. The summed E-state index contributed by atoms with van der Waals surface area (Å²) in [6.07, 6.45) is 0. The fourth-order valence-electron chi connectivity index (χ4n) is 1.23. The van der Waals surface area contributed by atoms with Crippen molar-refractivity contribution in [3.05, 3.63) is 35.5 Å². The van der Waals surface area contributed by atoms with Crippen LogP contribution in [0, 0.1) is 18.6 Å². The van der Waals surface area contributed by atoms with Gasteiger partial charge in [0.25, 0.3) is 0 Å². The summed E-state index contributed by atoms with van der Waals surface area (Å²) in [7, 11) is 0. The van der Waals surface area contributed by atoms with Gasteiger partial charge in [0, 0.05) is 29.6 Å². The first kappa shape index (κ1) is 10.4. The average molecular weight is 225 g/mol. The Hall–Kier alpha value is -2.11. The van der Waals surface area contributed by atoms with Crippen LogP contribution in [-0.2, 0) is 0 Å². The third-order valence-electron chi connectivity index (χ3n) is 1.91. The molecule has 0 aliphatic rings. The number of H-pyrrole nitrogens is 1. The van der Waals surface area contributed by atoms with Crippen LogP contribution in [0.5, 0.6) is 11.6 Å². The molecule has 0 radical (unpaired) electrons. The molecular weight excluding hydrogens is 216 g/mol. The molecule has 0 saturated carbocycles. The Labute approximate surface area is 90.0 Å². The Morgan fingerprint density at radius 3 is 2.38 bits per heavy atom. The topological polar surface area (TPSA) is 63.9 Å². The standard InChI is InChI=1S/C10H9F2N3O/c1-5-2-9(15-14-5)16-10-7(11)3-6(13)4-8(10)12/h2-4H,13H2,1H3,(H,14,15). The highest BCUT2D eigenvalue weighted by atomic mass is 19.1. The van der Waals surface area contributed by atoms with Crippen molar-refractivity contribution >= 4 is 5.69 Å². The molecule has 6 heteroatoms. The van der Waals surface area contributed by atoms with Gasteiger partial charge in [-0.25, -0.2) is 8.78 Å². The number of nitrogens with one attached hydrogen (secondary N) is 1. The van der Waals surface area contributed by atoms with E-state index in [9.17, 15) is 8.78 Å². The number of hydrogen-bond acceptors (Lipinski definition) is 3. The average Bonchev–Trinajstić information content (AvgIpc) is 2.58. The largest absolute Gasteiger partial charge is 0.431 e. The molecular formula is C10H9F2N3O. The zero-order chi connectivity index (χ0) is 11.7. The second-order valence-corrected chi connectivity index (χ2v) is 3.30. The van der Waals surface area contributed by atoms with E-state index < -0.39 is 17.4 Å². The van der Waals surface area contributed by atoms with E-state index in [-0.39, 0.29) is 11.6 Å². The van der Waals surface area contributed by atoms with Crippen molar-refractivity contribution in [1.29, 1.82) is 0 Å². The van der Waals surface area contributed by atoms with Gasteiger partial charge in [0.15, 0.2) is 11.6 Å². The summed E-state index contributed by atoms with van der Waals surface area (Å²) in [5, 5.41) is 6.30. The number of nitrogens with zero attached hydrogens (tertiary/aromatic N) is 1. The highest BCUT2D eigenvalue weighted by Gasteiger charge is 2.13. The molecule has 0 saturated heterocycles. The lowest BCUT2D eigenvalue weighted by molar-refractivity contribution is 0.395. The van der Waals surface area contributed by atoms with Gasteiger partial charge >= 0.3 is 0 Å². The van der Waals surface area contributed by atoms with Gasteiger partial charge in [-0.1, -0.05) is 0 Å². The molecule has 1 aromatic heterocycles. The normalized spacial score (nSPS) is 10.4. The number of aromatic nitrogens is 2. The van der Waals surface area contributed by atoms with Crippen molar-refractivity contribution in [1.82, 2.24) is 10.2 Å². The number of benzene rings is 1. The van der Waals surface area contributed by atoms with E-state index in [0.717, 1.165) is 17.8 Å². The second kappa shape index (κ2) is 3.80. The maximum absolute atomic E-state index is 13.3. The van der Waals surface area contributed by atoms with E-state index in [1.54, 1.807) is 6.92 Å². The van der Waals surface area contributed by atoms with Crippen LogP contribution in [0.1, 0.15) is 5.69 Å². The number of aryl methyl sites for hydroxylation is 1. The Morgan fingerprint density at radius 2 is 1.88 bits per heavy atom. The highest BCUT2D eigenvalue weighted by molar-refractivity contribution is 5.45. The smallest absolute Gasteiger partial charge is 0.238 e. The summed E-state index contributed by atoms with van der Waals surface area (Å²) < 4.78 is 31.6. The predicted octanol–water partition coefficient (Wildman–Crippen LogP) is 2.37. The van der Waals surface area contributed by atoms with E-state index in [1.807, 2.05) is 0 Å². The van der Waals surface area contributed by atoms with Crippen molar-refractivity contribution < 1.29 is 13.5 Å². The molecule has 1 aromatic carbocycles. The van der Waals surface area contributed by atoms with Crippen molar-refractivity contribution in [3.8, 4) is 11.6 Å². The fraction of sp³-hybridized carbons (Fsp3) is 0.100. The molecule has 4 nitrogen and oxygen atoms in total. The molecule has 0 spiro atoms. The molecule has 3 N–H and O–H groups in total. The number of nitrogens with two attached hydrogens (primary N) is 1. The van der Waals surface area contributed by atoms with Gasteiger partial charge < -0.3 is 10.5 Å². The van der Waals surface area contributed by atoms with E-state index in [4.69, 9.17) is 10.5 Å². The number of ether oxygens (including phenoxy) is 1. The van der Waals surface area contributed by atoms with Crippen LogP contribution in [0.3, 0.4) is 0 Å².